The van der Waals surface area contributed by atoms with Gasteiger partial charge >= 0.3 is 0 Å². The van der Waals surface area contributed by atoms with Crippen LogP contribution in [0.4, 0.5) is 5.69 Å². The summed E-state index contributed by atoms with van der Waals surface area (Å²) < 4.78 is 0. The molecule has 27 heavy (non-hydrogen) atoms. The maximum absolute atomic E-state index is 12.9. The number of rotatable bonds is 8. The molecule has 0 radical (unpaired) electrons. The van der Waals surface area contributed by atoms with Gasteiger partial charge < -0.3 is 10.2 Å². The van der Waals surface area contributed by atoms with Crippen LogP contribution in [0.25, 0.3) is 0 Å². The number of hydrogen-bond donors (Lipinski definition) is 1. The number of likely N-dealkylation sites (N-methyl/N-ethyl adjacent to an activating group) is 1. The minimum absolute atomic E-state index is 0.0437. The maximum Gasteiger partial charge on any atom is 0.239 e. The van der Waals surface area contributed by atoms with Crippen molar-refractivity contribution in [2.24, 2.45) is 0 Å². The van der Waals surface area contributed by atoms with E-state index in [9.17, 15) is 9.59 Å². The maximum atomic E-state index is 12.9. The third-order valence-electron chi connectivity index (χ3n) is 4.40. The van der Waals surface area contributed by atoms with Crippen LogP contribution in [-0.4, -0.2) is 25.4 Å². The number of nitrogens with one attached hydrogen (secondary N) is 1. The minimum Gasteiger partial charge on any atom is -0.358 e. The number of hydrogen-bond acceptors (Lipinski definition) is 2. The first-order valence-corrected chi connectivity index (χ1v) is 9.22. The van der Waals surface area contributed by atoms with Gasteiger partial charge in [-0.3, -0.25) is 9.59 Å². The lowest BCUT2D eigenvalue weighted by Gasteiger charge is -2.22. The first kappa shape index (κ1) is 20.3. The highest BCUT2D eigenvalue weighted by atomic mass is 16.2. The van der Waals surface area contributed by atoms with Crippen molar-refractivity contribution in [3.63, 3.8) is 0 Å². The summed E-state index contributed by atoms with van der Waals surface area (Å²) in [7, 11) is 1.55. The van der Waals surface area contributed by atoms with Crippen LogP contribution in [0.2, 0.25) is 0 Å². The number of aryl methyl sites for hydroxylation is 1. The zero-order chi connectivity index (χ0) is 19.6. The van der Waals surface area contributed by atoms with Gasteiger partial charge in [-0.1, -0.05) is 49.6 Å². The fourth-order valence-electron chi connectivity index (χ4n) is 2.78. The number of carbonyl (C=O) groups excluding carboxylic acids is 2. The molecule has 1 N–H and O–H groups in total. The number of unbranched alkanes of at least 4 members (excludes halogenated alkanes) is 1. The SMILES string of the molecule is C#Cc1cccc(N(CC(=O)NC)C(=O)Cc2ccc(CCCC)cc2)c1. The fraction of sp³-hybridized carbons (Fsp3) is 0.304. The van der Waals surface area contributed by atoms with Gasteiger partial charge in [-0.05, 0) is 42.2 Å². The third kappa shape index (κ3) is 6.00. The molecule has 4 nitrogen and oxygen atoms in total. The Bertz CT molecular complexity index is 819. The lowest BCUT2D eigenvalue weighted by molar-refractivity contribution is -0.123. The van der Waals surface area contributed by atoms with E-state index in [1.807, 2.05) is 12.1 Å². The van der Waals surface area contributed by atoms with Gasteiger partial charge in [-0.15, -0.1) is 6.42 Å². The molecule has 140 valence electrons. The lowest BCUT2D eigenvalue weighted by atomic mass is 10.0. The molecule has 0 heterocycles. The largest absolute Gasteiger partial charge is 0.358 e. The van der Waals surface area contributed by atoms with Gasteiger partial charge in [0.2, 0.25) is 11.8 Å². The number of benzene rings is 2. The number of carbonyl (C=O) groups is 2. The Morgan fingerprint density at radius 2 is 1.81 bits per heavy atom. The molecule has 2 aromatic rings. The standard InChI is InChI=1S/C23H26N2O2/c1-4-6-8-19-11-13-20(14-12-19)16-23(27)25(17-22(26)24-3)21-10-7-9-18(5-2)15-21/h2,7,9-15H,4,6,8,16-17H2,1,3H3,(H,24,26). The molecule has 0 aromatic heterocycles. The monoisotopic (exact) mass is 362 g/mol. The molecule has 0 saturated carbocycles. The summed E-state index contributed by atoms with van der Waals surface area (Å²) in [6, 6.07) is 15.2. The van der Waals surface area contributed by atoms with Crippen molar-refractivity contribution in [2.75, 3.05) is 18.5 Å². The Balaban J connectivity index is 2.18. The summed E-state index contributed by atoms with van der Waals surface area (Å²) in [4.78, 5) is 26.3. The van der Waals surface area contributed by atoms with E-state index >= 15 is 0 Å². The normalized spacial score (nSPS) is 10.1. The average Bonchev–Trinajstić information content (AvgIpc) is 2.71. The van der Waals surface area contributed by atoms with Crippen molar-refractivity contribution >= 4 is 17.5 Å². The number of terminal acetylenes is 1. The van der Waals surface area contributed by atoms with Gasteiger partial charge in [0.25, 0.3) is 0 Å². The van der Waals surface area contributed by atoms with Crippen LogP contribution in [0.15, 0.2) is 48.5 Å². The van der Waals surface area contributed by atoms with E-state index in [2.05, 4.69) is 30.3 Å². The van der Waals surface area contributed by atoms with E-state index in [0.29, 0.717) is 11.3 Å². The molecule has 0 spiro atoms. The molecule has 0 aliphatic heterocycles. The second kappa shape index (κ2) is 10.2. The lowest BCUT2D eigenvalue weighted by Crippen LogP contribution is -2.40. The molecular formula is C23H26N2O2. The Morgan fingerprint density at radius 1 is 1.11 bits per heavy atom. The predicted octanol–water partition coefficient (Wildman–Crippen LogP) is 3.33. The van der Waals surface area contributed by atoms with Crippen molar-refractivity contribution in [2.45, 2.75) is 32.6 Å². The molecule has 0 atom stereocenters. The molecule has 0 bridgehead atoms. The second-order valence-electron chi connectivity index (χ2n) is 6.44. The van der Waals surface area contributed by atoms with Crippen LogP contribution in [0.5, 0.6) is 0 Å². The first-order valence-electron chi connectivity index (χ1n) is 9.22. The highest BCUT2D eigenvalue weighted by molar-refractivity contribution is 5.99. The van der Waals surface area contributed by atoms with Crippen molar-refractivity contribution in [3.8, 4) is 12.3 Å². The van der Waals surface area contributed by atoms with Crippen molar-refractivity contribution in [1.82, 2.24) is 5.32 Å². The molecule has 0 unspecified atom stereocenters. The molecule has 0 aliphatic rings. The van der Waals surface area contributed by atoms with Crippen molar-refractivity contribution in [1.29, 1.82) is 0 Å². The summed E-state index contributed by atoms with van der Waals surface area (Å²) in [5.74, 6) is 2.19. The molecule has 0 fully saturated rings. The number of amides is 2. The van der Waals surface area contributed by atoms with Crippen LogP contribution < -0.4 is 10.2 Å². The van der Waals surface area contributed by atoms with Crippen LogP contribution >= 0.6 is 0 Å². The minimum atomic E-state index is -0.232. The van der Waals surface area contributed by atoms with Gasteiger partial charge in [0.05, 0.1) is 6.42 Å². The zero-order valence-electron chi connectivity index (χ0n) is 16.0. The van der Waals surface area contributed by atoms with Crippen LogP contribution in [0.3, 0.4) is 0 Å². The van der Waals surface area contributed by atoms with Crippen molar-refractivity contribution in [3.05, 3.63) is 65.2 Å². The quantitative estimate of drug-likeness (QED) is 0.732. The van der Waals surface area contributed by atoms with Gasteiger partial charge in [-0.25, -0.2) is 0 Å². The number of nitrogens with zero attached hydrogens (tertiary/aromatic N) is 1. The van der Waals surface area contributed by atoms with Gasteiger partial charge in [0.1, 0.15) is 6.54 Å². The van der Waals surface area contributed by atoms with Gasteiger partial charge in [0.15, 0.2) is 0 Å². The van der Waals surface area contributed by atoms with Crippen LogP contribution in [0.1, 0.15) is 36.5 Å². The third-order valence-corrected chi connectivity index (χ3v) is 4.40. The fourth-order valence-corrected chi connectivity index (χ4v) is 2.78. The van der Waals surface area contributed by atoms with E-state index < -0.39 is 0 Å². The van der Waals surface area contributed by atoms with Gasteiger partial charge in [-0.2, -0.15) is 0 Å². The Morgan fingerprint density at radius 3 is 2.44 bits per heavy atom. The first-order chi connectivity index (χ1) is 13.1. The smallest absolute Gasteiger partial charge is 0.239 e. The molecule has 0 aliphatic carbocycles. The molecule has 2 amide bonds. The highest BCUT2D eigenvalue weighted by Gasteiger charge is 2.19. The van der Waals surface area contributed by atoms with E-state index in [0.717, 1.165) is 24.8 Å². The highest BCUT2D eigenvalue weighted by Crippen LogP contribution is 2.18. The topological polar surface area (TPSA) is 49.4 Å². The summed E-state index contributed by atoms with van der Waals surface area (Å²) >= 11 is 0. The van der Waals surface area contributed by atoms with E-state index in [-0.39, 0.29) is 24.8 Å². The predicted molar refractivity (Wildman–Crippen MR) is 110 cm³/mol. The van der Waals surface area contributed by atoms with Crippen LogP contribution in [-0.2, 0) is 22.4 Å². The van der Waals surface area contributed by atoms with Crippen LogP contribution in [0, 0.1) is 12.3 Å². The summed E-state index contributed by atoms with van der Waals surface area (Å²) in [5.41, 5.74) is 3.49. The Kier molecular flexibility index (Phi) is 7.63. The average molecular weight is 362 g/mol. The number of anilines is 1. The molecule has 2 aromatic carbocycles. The second-order valence-corrected chi connectivity index (χ2v) is 6.44. The molecule has 0 saturated heterocycles. The van der Waals surface area contributed by atoms with Crippen molar-refractivity contribution < 1.29 is 9.59 Å². The molecule has 2 rings (SSSR count). The Labute approximate surface area is 161 Å². The summed E-state index contributed by atoms with van der Waals surface area (Å²) in [5, 5.41) is 2.57. The molecule has 4 heteroatoms. The van der Waals surface area contributed by atoms with Gasteiger partial charge in [0, 0.05) is 18.3 Å². The van der Waals surface area contributed by atoms with E-state index in [4.69, 9.17) is 6.42 Å². The summed E-state index contributed by atoms with van der Waals surface area (Å²) in [6.45, 7) is 2.13. The Hall–Kier alpha value is -3.06. The van der Waals surface area contributed by atoms with E-state index in [1.165, 1.54) is 10.5 Å². The van der Waals surface area contributed by atoms with E-state index in [1.54, 1.807) is 31.3 Å². The molecular weight excluding hydrogens is 336 g/mol. The summed E-state index contributed by atoms with van der Waals surface area (Å²) in [6.07, 6.45) is 9.05. The zero-order valence-corrected chi connectivity index (χ0v) is 16.0.